The Labute approximate surface area is 111 Å². The molecule has 2 rings (SSSR count). The highest BCUT2D eigenvalue weighted by molar-refractivity contribution is 6.04. The van der Waals surface area contributed by atoms with Crippen LogP contribution in [0.25, 0.3) is 0 Å². The molecule has 0 aliphatic rings. The fraction of sp³-hybridized carbons (Fsp3) is 0.0667. The lowest BCUT2D eigenvalue weighted by molar-refractivity contribution is 0.102. The first-order valence-electron chi connectivity index (χ1n) is 5.80. The molecular formula is C15H13N3O. The molecule has 0 bridgehead atoms. The Bertz CT molecular complexity index is 627. The summed E-state index contributed by atoms with van der Waals surface area (Å²) in [5.74, 6) is 5.48. The van der Waals surface area contributed by atoms with Crippen LogP contribution in [0, 0.1) is 11.8 Å². The Morgan fingerprint density at radius 1 is 1.26 bits per heavy atom. The summed E-state index contributed by atoms with van der Waals surface area (Å²) >= 11 is 0. The summed E-state index contributed by atoms with van der Waals surface area (Å²) in [6.45, 7) is 0.299. The van der Waals surface area contributed by atoms with Gasteiger partial charge in [0, 0.05) is 29.2 Å². The molecule has 0 aliphatic carbocycles. The molecule has 1 aromatic carbocycles. The van der Waals surface area contributed by atoms with Crippen molar-refractivity contribution in [2.24, 2.45) is 5.73 Å². The number of rotatable bonds is 2. The molecular weight excluding hydrogens is 238 g/mol. The molecule has 1 amide bonds. The third kappa shape index (κ3) is 3.66. The Balaban J connectivity index is 2.15. The van der Waals surface area contributed by atoms with Gasteiger partial charge in [-0.1, -0.05) is 17.9 Å². The second kappa shape index (κ2) is 6.34. The van der Waals surface area contributed by atoms with Crippen molar-refractivity contribution in [3.8, 4) is 11.8 Å². The third-order valence-electron chi connectivity index (χ3n) is 2.40. The first-order chi connectivity index (χ1) is 9.29. The van der Waals surface area contributed by atoms with E-state index in [-0.39, 0.29) is 5.91 Å². The van der Waals surface area contributed by atoms with Gasteiger partial charge in [-0.2, -0.15) is 0 Å². The molecule has 0 spiro atoms. The Kier molecular flexibility index (Phi) is 4.27. The van der Waals surface area contributed by atoms with Crippen molar-refractivity contribution in [3.63, 3.8) is 0 Å². The summed E-state index contributed by atoms with van der Waals surface area (Å²) in [5, 5.41) is 2.79. The summed E-state index contributed by atoms with van der Waals surface area (Å²) in [7, 11) is 0. The lowest BCUT2D eigenvalue weighted by Crippen LogP contribution is -2.11. The lowest BCUT2D eigenvalue weighted by atomic mass is 10.1. The quantitative estimate of drug-likeness (QED) is 0.797. The second-order valence-corrected chi connectivity index (χ2v) is 3.78. The zero-order valence-electron chi connectivity index (χ0n) is 10.3. The van der Waals surface area contributed by atoms with Crippen LogP contribution in [-0.2, 0) is 0 Å². The molecule has 0 saturated carbocycles. The van der Waals surface area contributed by atoms with E-state index in [1.165, 1.54) is 0 Å². The molecule has 0 saturated heterocycles. The number of pyridine rings is 1. The number of aromatic nitrogens is 1. The summed E-state index contributed by atoms with van der Waals surface area (Å²) < 4.78 is 0. The Morgan fingerprint density at radius 2 is 2.05 bits per heavy atom. The number of hydrogen-bond donors (Lipinski definition) is 2. The van der Waals surface area contributed by atoms with E-state index in [2.05, 4.69) is 22.1 Å². The molecule has 4 heteroatoms. The van der Waals surface area contributed by atoms with Crippen molar-refractivity contribution in [3.05, 3.63) is 59.9 Å². The predicted octanol–water partition coefficient (Wildman–Crippen LogP) is 1.64. The fourth-order valence-corrected chi connectivity index (χ4v) is 1.53. The van der Waals surface area contributed by atoms with Crippen molar-refractivity contribution in [1.29, 1.82) is 0 Å². The number of carbonyl (C=O) groups excluding carboxylic acids is 1. The summed E-state index contributed by atoms with van der Waals surface area (Å²) in [5.41, 5.74) is 7.35. The van der Waals surface area contributed by atoms with Crippen LogP contribution in [0.3, 0.4) is 0 Å². The van der Waals surface area contributed by atoms with E-state index in [1.54, 1.807) is 42.7 Å². The van der Waals surface area contributed by atoms with Crippen LogP contribution in [0.2, 0.25) is 0 Å². The number of benzene rings is 1. The zero-order valence-corrected chi connectivity index (χ0v) is 10.3. The van der Waals surface area contributed by atoms with Gasteiger partial charge in [0.2, 0.25) is 0 Å². The highest BCUT2D eigenvalue weighted by Gasteiger charge is 2.05. The number of amides is 1. The molecule has 0 aliphatic heterocycles. The minimum Gasteiger partial charge on any atom is -0.322 e. The highest BCUT2D eigenvalue weighted by atomic mass is 16.1. The second-order valence-electron chi connectivity index (χ2n) is 3.78. The van der Waals surface area contributed by atoms with Crippen molar-refractivity contribution in [2.75, 3.05) is 11.9 Å². The maximum Gasteiger partial charge on any atom is 0.255 e. The zero-order chi connectivity index (χ0) is 13.5. The third-order valence-corrected chi connectivity index (χ3v) is 2.40. The van der Waals surface area contributed by atoms with Gasteiger partial charge in [-0.15, -0.1) is 0 Å². The number of hydrogen-bond acceptors (Lipinski definition) is 3. The van der Waals surface area contributed by atoms with E-state index < -0.39 is 0 Å². The van der Waals surface area contributed by atoms with Crippen LogP contribution in [0.5, 0.6) is 0 Å². The van der Waals surface area contributed by atoms with Gasteiger partial charge in [0.25, 0.3) is 5.91 Å². The average molecular weight is 251 g/mol. The summed E-state index contributed by atoms with van der Waals surface area (Å²) in [6.07, 6.45) is 3.25. The average Bonchev–Trinajstić information content (AvgIpc) is 2.46. The maximum absolute atomic E-state index is 12.0. The molecule has 94 valence electrons. The number of nitrogens with one attached hydrogen (secondary N) is 1. The van der Waals surface area contributed by atoms with Crippen LogP contribution in [-0.4, -0.2) is 17.4 Å². The molecule has 0 fully saturated rings. The Morgan fingerprint density at radius 3 is 2.79 bits per heavy atom. The van der Waals surface area contributed by atoms with Crippen LogP contribution in [0.1, 0.15) is 15.9 Å². The van der Waals surface area contributed by atoms with Crippen LogP contribution in [0.4, 0.5) is 5.69 Å². The fourth-order valence-electron chi connectivity index (χ4n) is 1.53. The molecule has 0 radical (unpaired) electrons. The standard InChI is InChI=1S/C15H13N3O/c16-8-2-4-12-3-1-5-13(11-12)15(19)18-14-6-9-17-10-7-14/h1,3,5-7,9-11H,8,16H2,(H,17,18,19). The van der Waals surface area contributed by atoms with Gasteiger partial charge < -0.3 is 11.1 Å². The normalized spacial score (nSPS) is 9.32. The molecule has 2 aromatic rings. The van der Waals surface area contributed by atoms with Crippen LogP contribution < -0.4 is 11.1 Å². The van der Waals surface area contributed by atoms with Crippen molar-refractivity contribution < 1.29 is 4.79 Å². The molecule has 1 heterocycles. The van der Waals surface area contributed by atoms with Gasteiger partial charge in [0.15, 0.2) is 0 Å². The molecule has 0 atom stereocenters. The van der Waals surface area contributed by atoms with Crippen LogP contribution in [0.15, 0.2) is 48.8 Å². The Hall–Kier alpha value is -2.64. The van der Waals surface area contributed by atoms with E-state index in [4.69, 9.17) is 5.73 Å². The number of nitrogens with zero attached hydrogens (tertiary/aromatic N) is 1. The molecule has 4 nitrogen and oxygen atoms in total. The topological polar surface area (TPSA) is 68.0 Å². The first kappa shape index (κ1) is 12.8. The maximum atomic E-state index is 12.0. The minimum atomic E-state index is -0.178. The first-order valence-corrected chi connectivity index (χ1v) is 5.80. The highest BCUT2D eigenvalue weighted by Crippen LogP contribution is 2.09. The molecule has 0 unspecified atom stereocenters. The predicted molar refractivity (Wildman–Crippen MR) is 74.6 cm³/mol. The minimum absolute atomic E-state index is 0.178. The largest absolute Gasteiger partial charge is 0.322 e. The van der Waals surface area contributed by atoms with Crippen molar-refractivity contribution >= 4 is 11.6 Å². The van der Waals surface area contributed by atoms with Gasteiger partial charge in [0.1, 0.15) is 0 Å². The van der Waals surface area contributed by atoms with E-state index in [0.717, 1.165) is 5.56 Å². The van der Waals surface area contributed by atoms with Gasteiger partial charge >= 0.3 is 0 Å². The van der Waals surface area contributed by atoms with Gasteiger partial charge in [-0.05, 0) is 30.3 Å². The van der Waals surface area contributed by atoms with Gasteiger partial charge in [0.05, 0.1) is 6.54 Å². The van der Waals surface area contributed by atoms with Crippen molar-refractivity contribution in [1.82, 2.24) is 4.98 Å². The summed E-state index contributed by atoms with van der Waals surface area (Å²) in [6, 6.07) is 10.6. The van der Waals surface area contributed by atoms with Crippen molar-refractivity contribution in [2.45, 2.75) is 0 Å². The summed E-state index contributed by atoms with van der Waals surface area (Å²) in [4.78, 5) is 15.9. The number of nitrogens with two attached hydrogens (primary N) is 1. The SMILES string of the molecule is NCC#Cc1cccc(C(=O)Nc2ccncc2)c1. The van der Waals surface area contributed by atoms with Gasteiger partial charge in [-0.25, -0.2) is 0 Å². The molecule has 3 N–H and O–H groups in total. The monoisotopic (exact) mass is 251 g/mol. The van der Waals surface area contributed by atoms with E-state index in [1.807, 2.05) is 6.07 Å². The lowest BCUT2D eigenvalue weighted by Gasteiger charge is -2.04. The number of anilines is 1. The molecule has 19 heavy (non-hydrogen) atoms. The van der Waals surface area contributed by atoms with E-state index in [0.29, 0.717) is 17.8 Å². The number of carbonyl (C=O) groups is 1. The van der Waals surface area contributed by atoms with Crippen LogP contribution >= 0.6 is 0 Å². The van der Waals surface area contributed by atoms with E-state index in [9.17, 15) is 4.79 Å². The van der Waals surface area contributed by atoms with Gasteiger partial charge in [-0.3, -0.25) is 9.78 Å². The molecule has 1 aromatic heterocycles. The van der Waals surface area contributed by atoms with E-state index >= 15 is 0 Å². The smallest absolute Gasteiger partial charge is 0.255 e.